The fourth-order valence-electron chi connectivity index (χ4n) is 5.27. The van der Waals surface area contributed by atoms with Crippen LogP contribution in [0.15, 0.2) is 108 Å². The molecule has 6 nitrogen and oxygen atoms in total. The van der Waals surface area contributed by atoms with Gasteiger partial charge in [-0.05, 0) is 67.7 Å². The summed E-state index contributed by atoms with van der Waals surface area (Å²) in [6, 6.07) is 35.0. The molecule has 0 fully saturated rings. The van der Waals surface area contributed by atoms with Crippen molar-refractivity contribution in [1.82, 2.24) is 0 Å². The molecule has 0 spiro atoms. The predicted molar refractivity (Wildman–Crippen MR) is 173 cm³/mol. The van der Waals surface area contributed by atoms with Crippen molar-refractivity contribution in [1.29, 1.82) is 0 Å². The van der Waals surface area contributed by atoms with Crippen molar-refractivity contribution in [3.63, 3.8) is 0 Å². The standard InChI is InChI=1S/C37H32N2O4/c1-3-34(40)42-23-25-8-17-31(18-9-25)39(32-19-10-26(11-20-32)24-43-35(41)4-2)38-22-30-15-14-29-13-12-27-6-5-7-28-16-21-33(30)37(29)36(27)28/h5-22H,3-4,23-24H2,1-2H3. The van der Waals surface area contributed by atoms with Crippen molar-refractivity contribution >= 4 is 61.8 Å². The van der Waals surface area contributed by atoms with Crippen LogP contribution in [0.1, 0.15) is 43.4 Å². The van der Waals surface area contributed by atoms with Gasteiger partial charge in [0.05, 0.1) is 17.6 Å². The van der Waals surface area contributed by atoms with Crippen molar-refractivity contribution in [2.45, 2.75) is 39.9 Å². The largest absolute Gasteiger partial charge is 0.461 e. The number of benzene rings is 6. The van der Waals surface area contributed by atoms with Crippen LogP contribution in [-0.2, 0) is 32.3 Å². The lowest BCUT2D eigenvalue weighted by Crippen LogP contribution is -2.10. The molecule has 214 valence electrons. The highest BCUT2D eigenvalue weighted by molar-refractivity contribution is 6.25. The Hall–Kier alpha value is -5.23. The number of esters is 2. The number of carbonyl (C=O) groups excluding carboxylic acids is 2. The normalized spacial score (nSPS) is 11.5. The van der Waals surface area contributed by atoms with Crippen LogP contribution in [0.2, 0.25) is 0 Å². The minimum Gasteiger partial charge on any atom is -0.461 e. The zero-order chi connectivity index (χ0) is 29.8. The molecule has 0 unspecified atom stereocenters. The first-order valence-electron chi connectivity index (χ1n) is 14.5. The molecule has 0 amide bonds. The highest BCUT2D eigenvalue weighted by Crippen LogP contribution is 2.36. The zero-order valence-electron chi connectivity index (χ0n) is 24.2. The van der Waals surface area contributed by atoms with Crippen LogP contribution in [0.25, 0.3) is 32.3 Å². The number of hydrogen-bond donors (Lipinski definition) is 0. The Bertz CT molecular complexity index is 1850. The Labute approximate surface area is 250 Å². The highest BCUT2D eigenvalue weighted by atomic mass is 16.5. The average Bonchev–Trinajstić information content (AvgIpc) is 3.06. The molecule has 0 atom stereocenters. The molecule has 0 N–H and O–H groups in total. The van der Waals surface area contributed by atoms with E-state index in [4.69, 9.17) is 14.6 Å². The maximum absolute atomic E-state index is 11.6. The second kappa shape index (κ2) is 12.3. The maximum atomic E-state index is 11.6. The van der Waals surface area contributed by atoms with E-state index in [-0.39, 0.29) is 25.2 Å². The van der Waals surface area contributed by atoms with Crippen molar-refractivity contribution in [3.8, 4) is 0 Å². The summed E-state index contributed by atoms with van der Waals surface area (Å²) in [6.07, 6.45) is 2.59. The SMILES string of the molecule is CCC(=O)OCc1ccc(N(N=Cc2ccc3ccc4cccc5ccc2c3c45)c2ccc(COC(=O)CC)cc2)cc1. The van der Waals surface area contributed by atoms with Gasteiger partial charge in [-0.3, -0.25) is 9.59 Å². The van der Waals surface area contributed by atoms with Crippen molar-refractivity contribution in [2.24, 2.45) is 5.10 Å². The third-order valence-electron chi connectivity index (χ3n) is 7.61. The lowest BCUT2D eigenvalue weighted by molar-refractivity contribution is -0.145. The summed E-state index contributed by atoms with van der Waals surface area (Å²) < 4.78 is 10.6. The van der Waals surface area contributed by atoms with E-state index in [0.717, 1.165) is 33.5 Å². The van der Waals surface area contributed by atoms with Gasteiger partial charge in [0.25, 0.3) is 0 Å². The zero-order valence-corrected chi connectivity index (χ0v) is 24.2. The van der Waals surface area contributed by atoms with Crippen LogP contribution in [-0.4, -0.2) is 18.2 Å². The van der Waals surface area contributed by atoms with Gasteiger partial charge in [-0.15, -0.1) is 0 Å². The summed E-state index contributed by atoms with van der Waals surface area (Å²) >= 11 is 0. The molecule has 6 rings (SSSR count). The molecule has 0 aliphatic rings. The quantitative estimate of drug-likeness (QED) is 0.0716. The second-order valence-corrected chi connectivity index (χ2v) is 10.4. The minimum absolute atomic E-state index is 0.226. The number of hydrogen-bond acceptors (Lipinski definition) is 6. The minimum atomic E-state index is -0.228. The molecule has 43 heavy (non-hydrogen) atoms. The molecule has 0 heterocycles. The Morgan fingerprint density at radius 2 is 1.12 bits per heavy atom. The van der Waals surface area contributed by atoms with Gasteiger partial charge >= 0.3 is 11.9 Å². The van der Waals surface area contributed by atoms with E-state index in [9.17, 15) is 9.59 Å². The van der Waals surface area contributed by atoms with E-state index < -0.39 is 0 Å². The van der Waals surface area contributed by atoms with Gasteiger partial charge in [0.2, 0.25) is 0 Å². The number of ether oxygens (including phenoxy) is 2. The molecule has 6 heteroatoms. The number of hydrazone groups is 1. The van der Waals surface area contributed by atoms with Gasteiger partial charge in [-0.25, -0.2) is 5.01 Å². The molecule has 0 bridgehead atoms. The number of nitrogens with zero attached hydrogens (tertiary/aromatic N) is 2. The molecular weight excluding hydrogens is 536 g/mol. The molecule has 0 aromatic heterocycles. The first-order chi connectivity index (χ1) is 21.0. The molecule has 6 aromatic rings. The summed E-state index contributed by atoms with van der Waals surface area (Å²) in [5.41, 5.74) is 4.51. The Morgan fingerprint density at radius 1 is 0.628 bits per heavy atom. The number of rotatable bonds is 10. The number of anilines is 2. The Balaban J connectivity index is 1.36. The average molecular weight is 569 g/mol. The van der Waals surface area contributed by atoms with E-state index in [0.29, 0.717) is 12.8 Å². The van der Waals surface area contributed by atoms with Crippen molar-refractivity contribution in [3.05, 3.63) is 120 Å². The van der Waals surface area contributed by atoms with Crippen LogP contribution >= 0.6 is 0 Å². The Kier molecular flexibility index (Phi) is 8.01. The molecule has 0 aliphatic heterocycles. The summed E-state index contributed by atoms with van der Waals surface area (Å²) in [5.74, 6) is -0.457. The maximum Gasteiger partial charge on any atom is 0.305 e. The van der Waals surface area contributed by atoms with Crippen LogP contribution in [0, 0.1) is 0 Å². The molecule has 0 aliphatic carbocycles. The fourth-order valence-corrected chi connectivity index (χ4v) is 5.27. The van der Waals surface area contributed by atoms with Crippen LogP contribution in [0.5, 0.6) is 0 Å². The third-order valence-corrected chi connectivity index (χ3v) is 7.61. The first-order valence-corrected chi connectivity index (χ1v) is 14.5. The molecule has 0 saturated carbocycles. The van der Waals surface area contributed by atoms with Gasteiger partial charge in [-0.1, -0.05) is 92.7 Å². The van der Waals surface area contributed by atoms with Crippen molar-refractivity contribution in [2.75, 3.05) is 5.01 Å². The lowest BCUT2D eigenvalue weighted by Gasteiger charge is -2.20. The highest BCUT2D eigenvalue weighted by Gasteiger charge is 2.13. The third kappa shape index (κ3) is 5.90. The smallest absolute Gasteiger partial charge is 0.305 e. The summed E-state index contributed by atoms with van der Waals surface area (Å²) in [7, 11) is 0. The summed E-state index contributed by atoms with van der Waals surface area (Å²) in [5, 5.41) is 14.2. The van der Waals surface area contributed by atoms with Crippen LogP contribution in [0.3, 0.4) is 0 Å². The Morgan fingerprint density at radius 3 is 1.65 bits per heavy atom. The van der Waals surface area contributed by atoms with Gasteiger partial charge in [0, 0.05) is 18.4 Å². The molecular formula is C37H32N2O4. The number of carbonyl (C=O) groups is 2. The topological polar surface area (TPSA) is 68.2 Å². The van der Waals surface area contributed by atoms with Crippen LogP contribution in [0.4, 0.5) is 11.4 Å². The van der Waals surface area contributed by atoms with Gasteiger partial charge in [0.15, 0.2) is 0 Å². The van der Waals surface area contributed by atoms with E-state index in [1.807, 2.05) is 59.8 Å². The summed E-state index contributed by atoms with van der Waals surface area (Å²) in [6.45, 7) is 4.01. The van der Waals surface area contributed by atoms with E-state index in [1.54, 1.807) is 13.8 Å². The van der Waals surface area contributed by atoms with E-state index >= 15 is 0 Å². The fraction of sp³-hybridized carbons (Fsp3) is 0.162. The summed E-state index contributed by atoms with van der Waals surface area (Å²) in [4.78, 5) is 23.2. The first kappa shape index (κ1) is 27.9. The molecule has 6 aromatic carbocycles. The van der Waals surface area contributed by atoms with Crippen molar-refractivity contribution < 1.29 is 19.1 Å². The molecule has 0 saturated heterocycles. The van der Waals surface area contributed by atoms with E-state index in [2.05, 4.69) is 54.6 Å². The predicted octanol–water partition coefficient (Wildman–Crippen LogP) is 8.66. The molecule has 0 radical (unpaired) electrons. The van der Waals surface area contributed by atoms with Gasteiger partial charge in [-0.2, -0.15) is 5.10 Å². The van der Waals surface area contributed by atoms with Gasteiger partial charge in [0.1, 0.15) is 13.2 Å². The monoisotopic (exact) mass is 568 g/mol. The van der Waals surface area contributed by atoms with E-state index in [1.165, 1.54) is 26.9 Å². The lowest BCUT2D eigenvalue weighted by atomic mass is 9.92. The second-order valence-electron chi connectivity index (χ2n) is 10.4. The van der Waals surface area contributed by atoms with Crippen LogP contribution < -0.4 is 5.01 Å². The van der Waals surface area contributed by atoms with Gasteiger partial charge < -0.3 is 9.47 Å².